The van der Waals surface area contributed by atoms with Crippen LogP contribution in [0, 0.1) is 5.82 Å². The van der Waals surface area contributed by atoms with Crippen LogP contribution in [0.3, 0.4) is 0 Å². The van der Waals surface area contributed by atoms with Gasteiger partial charge in [-0.2, -0.15) is 0 Å². The molecule has 8 heteroatoms. The molecule has 1 amide bonds. The molecule has 0 aliphatic carbocycles. The van der Waals surface area contributed by atoms with E-state index in [1.54, 1.807) is 0 Å². The fourth-order valence-electron chi connectivity index (χ4n) is 1.41. The highest BCUT2D eigenvalue weighted by atomic mass is 35.5. The SMILES string of the molecule is CCc1nc(SCC(=O)Nc2ccc(F)cc2Cl)n[nH]1. The van der Waals surface area contributed by atoms with Crippen molar-refractivity contribution < 1.29 is 9.18 Å². The largest absolute Gasteiger partial charge is 0.324 e. The summed E-state index contributed by atoms with van der Waals surface area (Å²) in [4.78, 5) is 15.9. The summed E-state index contributed by atoms with van der Waals surface area (Å²) in [6.07, 6.45) is 0.755. The molecule has 0 saturated carbocycles. The van der Waals surface area contributed by atoms with Crippen molar-refractivity contribution in [3.05, 3.63) is 34.9 Å². The summed E-state index contributed by atoms with van der Waals surface area (Å²) in [6.45, 7) is 1.96. The average Bonchev–Trinajstić information content (AvgIpc) is 2.88. The number of aromatic nitrogens is 3. The number of nitrogens with zero attached hydrogens (tertiary/aromatic N) is 2. The lowest BCUT2D eigenvalue weighted by molar-refractivity contribution is -0.113. The molecule has 0 saturated heterocycles. The Labute approximate surface area is 124 Å². The van der Waals surface area contributed by atoms with Gasteiger partial charge in [0.05, 0.1) is 16.5 Å². The maximum Gasteiger partial charge on any atom is 0.234 e. The summed E-state index contributed by atoms with van der Waals surface area (Å²) in [5.74, 6) is 0.213. The molecule has 5 nitrogen and oxygen atoms in total. The molecule has 1 aromatic carbocycles. The van der Waals surface area contributed by atoms with Crippen molar-refractivity contribution in [1.29, 1.82) is 0 Å². The summed E-state index contributed by atoms with van der Waals surface area (Å²) in [7, 11) is 0. The highest BCUT2D eigenvalue weighted by Crippen LogP contribution is 2.23. The molecule has 0 aliphatic rings. The van der Waals surface area contributed by atoms with E-state index >= 15 is 0 Å². The normalized spacial score (nSPS) is 10.6. The number of benzene rings is 1. The Morgan fingerprint density at radius 2 is 2.35 bits per heavy atom. The van der Waals surface area contributed by atoms with Crippen LogP contribution >= 0.6 is 23.4 Å². The Bertz CT molecular complexity index is 619. The minimum Gasteiger partial charge on any atom is -0.324 e. The molecule has 0 unspecified atom stereocenters. The minimum atomic E-state index is -0.449. The predicted octanol–water partition coefficient (Wildman–Crippen LogP) is 2.89. The van der Waals surface area contributed by atoms with Crippen molar-refractivity contribution >= 4 is 35.0 Å². The van der Waals surface area contributed by atoms with Gasteiger partial charge in [-0.25, -0.2) is 9.37 Å². The lowest BCUT2D eigenvalue weighted by Gasteiger charge is -2.06. The van der Waals surface area contributed by atoms with Crippen molar-refractivity contribution in [1.82, 2.24) is 15.2 Å². The number of halogens is 2. The Morgan fingerprint density at radius 1 is 1.55 bits per heavy atom. The molecule has 0 fully saturated rings. The molecule has 0 aliphatic heterocycles. The van der Waals surface area contributed by atoms with Gasteiger partial charge in [0.2, 0.25) is 11.1 Å². The van der Waals surface area contributed by atoms with Gasteiger partial charge in [-0.05, 0) is 18.2 Å². The van der Waals surface area contributed by atoms with Gasteiger partial charge in [0.1, 0.15) is 11.6 Å². The van der Waals surface area contributed by atoms with Gasteiger partial charge in [-0.3, -0.25) is 9.89 Å². The number of hydrogen-bond acceptors (Lipinski definition) is 4. The topological polar surface area (TPSA) is 70.7 Å². The molecule has 0 atom stereocenters. The van der Waals surface area contributed by atoms with E-state index < -0.39 is 5.82 Å². The summed E-state index contributed by atoms with van der Waals surface area (Å²) in [5, 5.41) is 10.0. The molecule has 0 radical (unpaired) electrons. The maximum absolute atomic E-state index is 12.9. The van der Waals surface area contributed by atoms with E-state index in [1.807, 2.05) is 6.92 Å². The Kier molecular flexibility index (Phi) is 4.97. The summed E-state index contributed by atoms with van der Waals surface area (Å²) < 4.78 is 12.9. The van der Waals surface area contributed by atoms with E-state index in [0.717, 1.165) is 18.3 Å². The highest BCUT2D eigenvalue weighted by molar-refractivity contribution is 7.99. The average molecular weight is 315 g/mol. The number of H-pyrrole nitrogens is 1. The zero-order valence-corrected chi connectivity index (χ0v) is 12.2. The number of thioether (sulfide) groups is 1. The first-order valence-corrected chi connectivity index (χ1v) is 7.24. The number of rotatable bonds is 5. The third-order valence-corrected chi connectivity index (χ3v) is 3.54. The number of carbonyl (C=O) groups is 1. The quantitative estimate of drug-likeness (QED) is 0.833. The third kappa shape index (κ3) is 3.94. The van der Waals surface area contributed by atoms with E-state index in [9.17, 15) is 9.18 Å². The third-order valence-electron chi connectivity index (χ3n) is 2.38. The number of amides is 1. The smallest absolute Gasteiger partial charge is 0.234 e. The van der Waals surface area contributed by atoms with Crippen molar-refractivity contribution in [2.45, 2.75) is 18.5 Å². The number of aryl methyl sites for hydroxylation is 1. The second kappa shape index (κ2) is 6.71. The number of aromatic amines is 1. The molecule has 2 rings (SSSR count). The summed E-state index contributed by atoms with van der Waals surface area (Å²) in [6, 6.07) is 3.80. The first kappa shape index (κ1) is 14.8. The van der Waals surface area contributed by atoms with Gasteiger partial charge in [0, 0.05) is 6.42 Å². The zero-order valence-electron chi connectivity index (χ0n) is 10.6. The van der Waals surface area contributed by atoms with Crippen LogP contribution in [0.1, 0.15) is 12.7 Å². The predicted molar refractivity (Wildman–Crippen MR) is 76.5 cm³/mol. The van der Waals surface area contributed by atoms with Crippen LogP contribution in [-0.4, -0.2) is 26.8 Å². The van der Waals surface area contributed by atoms with Gasteiger partial charge in [0.25, 0.3) is 0 Å². The van der Waals surface area contributed by atoms with Gasteiger partial charge in [0.15, 0.2) is 0 Å². The van der Waals surface area contributed by atoms with Crippen LogP contribution in [0.2, 0.25) is 5.02 Å². The van der Waals surface area contributed by atoms with Crippen LogP contribution in [0.5, 0.6) is 0 Å². The molecule has 1 aromatic heterocycles. The van der Waals surface area contributed by atoms with E-state index in [1.165, 1.54) is 23.9 Å². The monoisotopic (exact) mass is 314 g/mol. The number of hydrogen-bond donors (Lipinski definition) is 2. The second-order valence-electron chi connectivity index (χ2n) is 3.88. The molecule has 0 spiro atoms. The number of nitrogens with one attached hydrogen (secondary N) is 2. The molecule has 1 heterocycles. The standard InChI is InChI=1S/C12H12ClFN4OS/c1-2-10-16-12(18-17-10)20-6-11(19)15-9-4-3-7(14)5-8(9)13/h3-5H,2,6H2,1H3,(H,15,19)(H,16,17,18). The first-order chi connectivity index (χ1) is 9.58. The van der Waals surface area contributed by atoms with Crippen molar-refractivity contribution in [2.75, 3.05) is 11.1 Å². The van der Waals surface area contributed by atoms with Crippen molar-refractivity contribution in [3.8, 4) is 0 Å². The minimum absolute atomic E-state index is 0.148. The lowest BCUT2D eigenvalue weighted by atomic mass is 10.3. The van der Waals surface area contributed by atoms with E-state index in [2.05, 4.69) is 20.5 Å². The molecular weight excluding hydrogens is 303 g/mol. The van der Waals surface area contributed by atoms with Gasteiger partial charge >= 0.3 is 0 Å². The van der Waals surface area contributed by atoms with Crippen LogP contribution < -0.4 is 5.32 Å². The molecule has 106 valence electrons. The second-order valence-corrected chi connectivity index (χ2v) is 5.23. The van der Waals surface area contributed by atoms with Crippen molar-refractivity contribution in [3.63, 3.8) is 0 Å². The van der Waals surface area contributed by atoms with Crippen molar-refractivity contribution in [2.24, 2.45) is 0 Å². The molecular formula is C12H12ClFN4OS. The maximum atomic E-state index is 12.9. The Morgan fingerprint density at radius 3 is 3.00 bits per heavy atom. The molecule has 20 heavy (non-hydrogen) atoms. The Balaban J connectivity index is 1.89. The first-order valence-electron chi connectivity index (χ1n) is 5.87. The van der Waals surface area contributed by atoms with Crippen LogP contribution in [0.4, 0.5) is 10.1 Å². The summed E-state index contributed by atoms with van der Waals surface area (Å²) >= 11 is 7.03. The summed E-state index contributed by atoms with van der Waals surface area (Å²) in [5.41, 5.74) is 0.378. The highest BCUT2D eigenvalue weighted by Gasteiger charge is 2.09. The molecule has 0 bridgehead atoms. The van der Waals surface area contributed by atoms with Crippen LogP contribution in [0.25, 0.3) is 0 Å². The Hall–Kier alpha value is -1.60. The lowest BCUT2D eigenvalue weighted by Crippen LogP contribution is -2.14. The van der Waals surface area contributed by atoms with Gasteiger partial charge in [-0.15, -0.1) is 5.10 Å². The van der Waals surface area contributed by atoms with Crippen LogP contribution in [0.15, 0.2) is 23.4 Å². The van der Waals surface area contributed by atoms with Gasteiger partial charge < -0.3 is 5.32 Å². The molecule has 2 N–H and O–H groups in total. The number of carbonyl (C=O) groups excluding carboxylic acids is 1. The van der Waals surface area contributed by atoms with Gasteiger partial charge in [-0.1, -0.05) is 30.3 Å². The van der Waals surface area contributed by atoms with E-state index in [0.29, 0.717) is 10.8 Å². The number of anilines is 1. The zero-order chi connectivity index (χ0) is 14.5. The fraction of sp³-hybridized carbons (Fsp3) is 0.250. The van der Waals surface area contributed by atoms with E-state index in [4.69, 9.17) is 11.6 Å². The van der Waals surface area contributed by atoms with E-state index in [-0.39, 0.29) is 16.7 Å². The van der Waals surface area contributed by atoms with Crippen LogP contribution in [-0.2, 0) is 11.2 Å². The molecule has 2 aromatic rings. The fourth-order valence-corrected chi connectivity index (χ4v) is 2.24.